The number of benzene rings is 1. The maximum Gasteiger partial charge on any atom is 0.320 e. The van der Waals surface area contributed by atoms with Crippen molar-refractivity contribution >= 4 is 23.4 Å². The minimum Gasteiger partial charge on any atom is -0.398 e. The molecule has 0 aliphatic heterocycles. The van der Waals surface area contributed by atoms with Gasteiger partial charge in [-0.15, -0.1) is 0 Å². The Morgan fingerprint density at radius 3 is 2.61 bits per heavy atom. The quantitative estimate of drug-likeness (QED) is 0.510. The number of nitrogens with one attached hydrogen (secondary N) is 3. The molecule has 0 spiro atoms. The number of amides is 2. The molecular weight excluding hydrogens is 292 g/mol. The molecule has 120 valence electrons. The highest BCUT2D eigenvalue weighted by Crippen LogP contribution is 2.16. The van der Waals surface area contributed by atoms with Gasteiger partial charge in [0.05, 0.1) is 5.56 Å². The normalized spacial score (nSPS) is 10.0. The Labute approximate surface area is 135 Å². The van der Waals surface area contributed by atoms with Gasteiger partial charge in [0, 0.05) is 38.6 Å². The van der Waals surface area contributed by atoms with Crippen LogP contribution in [0, 0.1) is 5.41 Å². The third-order valence-electron chi connectivity index (χ3n) is 3.18. The van der Waals surface area contributed by atoms with Gasteiger partial charge in [0.25, 0.3) is 0 Å². The minimum absolute atomic E-state index is 0.259. The summed E-state index contributed by atoms with van der Waals surface area (Å²) in [7, 11) is 3.51. The number of anilines is 2. The molecule has 1 heterocycles. The summed E-state index contributed by atoms with van der Waals surface area (Å²) in [6.45, 7) is 0.422. The highest BCUT2D eigenvalue weighted by atomic mass is 16.2. The molecule has 0 aliphatic carbocycles. The van der Waals surface area contributed by atoms with Crippen molar-refractivity contribution in [1.29, 1.82) is 5.41 Å². The largest absolute Gasteiger partial charge is 0.398 e. The third kappa shape index (κ3) is 4.44. The summed E-state index contributed by atoms with van der Waals surface area (Å²) in [5.74, 6) is 0.596. The molecule has 0 radical (unpaired) electrons. The number of carbonyl (C=O) groups excluding carboxylic acids is 1. The van der Waals surface area contributed by atoms with Crippen LogP contribution in [0.25, 0.3) is 0 Å². The number of nitrogen functional groups attached to an aromatic ring is 1. The molecule has 0 aliphatic rings. The van der Waals surface area contributed by atoms with E-state index < -0.39 is 0 Å². The standard InChI is InChI=1S/C16H20N6O/c1-22(2)15(18)12-10-19-14(8-13(12)17)21-16(23)20-9-11-6-4-3-5-7-11/h3-8,10,18H,9H2,1-2H3,(H4,17,19,20,21,23). The lowest BCUT2D eigenvalue weighted by Crippen LogP contribution is -2.29. The molecule has 0 saturated heterocycles. The molecule has 2 amide bonds. The van der Waals surface area contributed by atoms with E-state index >= 15 is 0 Å². The second-order valence-corrected chi connectivity index (χ2v) is 5.19. The molecule has 5 N–H and O–H groups in total. The molecule has 2 rings (SSSR count). The topological polar surface area (TPSA) is 107 Å². The number of hydrogen-bond acceptors (Lipinski definition) is 4. The van der Waals surface area contributed by atoms with Gasteiger partial charge in [-0.2, -0.15) is 0 Å². The third-order valence-corrected chi connectivity index (χ3v) is 3.18. The fourth-order valence-corrected chi connectivity index (χ4v) is 1.92. The van der Waals surface area contributed by atoms with E-state index in [0.29, 0.717) is 23.6 Å². The van der Waals surface area contributed by atoms with Crippen LogP contribution in [0.1, 0.15) is 11.1 Å². The van der Waals surface area contributed by atoms with Crippen molar-refractivity contribution in [2.75, 3.05) is 25.1 Å². The highest BCUT2D eigenvalue weighted by molar-refractivity contribution is 6.01. The van der Waals surface area contributed by atoms with Gasteiger partial charge < -0.3 is 16.0 Å². The van der Waals surface area contributed by atoms with Crippen LogP contribution in [0.3, 0.4) is 0 Å². The molecule has 23 heavy (non-hydrogen) atoms. The van der Waals surface area contributed by atoms with Crippen molar-refractivity contribution in [3.05, 3.63) is 53.7 Å². The van der Waals surface area contributed by atoms with E-state index in [0.717, 1.165) is 5.56 Å². The van der Waals surface area contributed by atoms with Gasteiger partial charge in [-0.25, -0.2) is 9.78 Å². The van der Waals surface area contributed by atoms with Crippen molar-refractivity contribution in [2.24, 2.45) is 0 Å². The number of rotatable bonds is 4. The number of pyridine rings is 1. The summed E-state index contributed by atoms with van der Waals surface area (Å²) in [4.78, 5) is 17.6. The summed E-state index contributed by atoms with van der Waals surface area (Å²) in [6, 6.07) is 10.8. The maximum absolute atomic E-state index is 11.9. The van der Waals surface area contributed by atoms with Gasteiger partial charge >= 0.3 is 6.03 Å². The zero-order valence-electron chi connectivity index (χ0n) is 13.1. The van der Waals surface area contributed by atoms with Crippen molar-refractivity contribution in [1.82, 2.24) is 15.2 Å². The molecule has 0 saturated carbocycles. The first-order chi connectivity index (χ1) is 11.0. The molecule has 0 unspecified atom stereocenters. The second-order valence-electron chi connectivity index (χ2n) is 5.19. The molecule has 7 heteroatoms. The van der Waals surface area contributed by atoms with Crippen LogP contribution in [0.4, 0.5) is 16.3 Å². The molecular formula is C16H20N6O. The molecule has 1 aromatic heterocycles. The second kappa shape index (κ2) is 7.26. The number of hydrogen-bond donors (Lipinski definition) is 4. The van der Waals surface area contributed by atoms with E-state index in [2.05, 4.69) is 15.6 Å². The molecule has 0 atom stereocenters. The smallest absolute Gasteiger partial charge is 0.320 e. The Kier molecular flexibility index (Phi) is 5.14. The van der Waals surface area contributed by atoms with Crippen LogP contribution in [0.15, 0.2) is 42.6 Å². The van der Waals surface area contributed by atoms with E-state index in [4.69, 9.17) is 11.1 Å². The lowest BCUT2D eigenvalue weighted by molar-refractivity contribution is 0.251. The first kappa shape index (κ1) is 16.3. The molecule has 7 nitrogen and oxygen atoms in total. The van der Waals surface area contributed by atoms with Gasteiger partial charge in [-0.3, -0.25) is 10.7 Å². The van der Waals surface area contributed by atoms with Gasteiger partial charge in [0.15, 0.2) is 0 Å². The predicted octanol–water partition coefficient (Wildman–Crippen LogP) is 1.87. The average molecular weight is 312 g/mol. The first-order valence-electron chi connectivity index (χ1n) is 7.08. The number of nitrogens with zero attached hydrogens (tertiary/aromatic N) is 2. The highest BCUT2D eigenvalue weighted by Gasteiger charge is 2.10. The predicted molar refractivity (Wildman–Crippen MR) is 91.5 cm³/mol. The maximum atomic E-state index is 11.9. The number of amidine groups is 1. The van der Waals surface area contributed by atoms with Gasteiger partial charge in [0.1, 0.15) is 11.7 Å². The lowest BCUT2D eigenvalue weighted by Gasteiger charge is -2.15. The lowest BCUT2D eigenvalue weighted by atomic mass is 10.2. The van der Waals surface area contributed by atoms with E-state index in [1.807, 2.05) is 30.3 Å². The number of nitrogens with two attached hydrogens (primary N) is 1. The fraction of sp³-hybridized carbons (Fsp3) is 0.188. The summed E-state index contributed by atoms with van der Waals surface area (Å²) in [6.07, 6.45) is 1.48. The van der Waals surface area contributed by atoms with Crippen molar-refractivity contribution < 1.29 is 4.79 Å². The van der Waals surface area contributed by atoms with Gasteiger partial charge in [-0.05, 0) is 5.56 Å². The van der Waals surface area contributed by atoms with E-state index in [1.54, 1.807) is 19.0 Å². The van der Waals surface area contributed by atoms with Crippen LogP contribution in [-0.2, 0) is 6.54 Å². The van der Waals surface area contributed by atoms with E-state index in [-0.39, 0.29) is 11.9 Å². The van der Waals surface area contributed by atoms with Crippen LogP contribution in [-0.4, -0.2) is 35.8 Å². The fourth-order valence-electron chi connectivity index (χ4n) is 1.92. The number of urea groups is 1. The van der Waals surface area contributed by atoms with Crippen LogP contribution in [0.5, 0.6) is 0 Å². The van der Waals surface area contributed by atoms with Crippen molar-refractivity contribution in [3.63, 3.8) is 0 Å². The summed E-state index contributed by atoms with van der Waals surface area (Å²) in [5, 5.41) is 13.3. The average Bonchev–Trinajstić information content (AvgIpc) is 2.53. The molecule has 0 fully saturated rings. The van der Waals surface area contributed by atoms with Crippen LogP contribution < -0.4 is 16.4 Å². The minimum atomic E-state index is -0.365. The van der Waals surface area contributed by atoms with Crippen molar-refractivity contribution in [3.8, 4) is 0 Å². The first-order valence-corrected chi connectivity index (χ1v) is 7.08. The van der Waals surface area contributed by atoms with E-state index in [1.165, 1.54) is 12.3 Å². The summed E-state index contributed by atoms with van der Waals surface area (Å²) < 4.78 is 0. The summed E-state index contributed by atoms with van der Waals surface area (Å²) >= 11 is 0. The number of aromatic nitrogens is 1. The Bertz CT molecular complexity index is 699. The van der Waals surface area contributed by atoms with Crippen molar-refractivity contribution in [2.45, 2.75) is 6.54 Å². The Morgan fingerprint density at radius 2 is 2.00 bits per heavy atom. The van der Waals surface area contributed by atoms with Crippen LogP contribution >= 0.6 is 0 Å². The monoisotopic (exact) mass is 312 g/mol. The SMILES string of the molecule is CN(C)C(=N)c1cnc(NC(=O)NCc2ccccc2)cc1N. The molecule has 1 aromatic carbocycles. The number of carbonyl (C=O) groups is 1. The Balaban J connectivity index is 1.96. The molecule has 0 bridgehead atoms. The van der Waals surface area contributed by atoms with E-state index in [9.17, 15) is 4.79 Å². The van der Waals surface area contributed by atoms with Gasteiger partial charge in [0.2, 0.25) is 0 Å². The van der Waals surface area contributed by atoms with Crippen LogP contribution in [0.2, 0.25) is 0 Å². The summed E-state index contributed by atoms with van der Waals surface area (Å²) in [5.41, 5.74) is 7.83. The zero-order chi connectivity index (χ0) is 16.8. The zero-order valence-corrected chi connectivity index (χ0v) is 13.1. The van der Waals surface area contributed by atoms with Gasteiger partial charge in [-0.1, -0.05) is 30.3 Å². The Morgan fingerprint density at radius 1 is 1.30 bits per heavy atom. The molecule has 2 aromatic rings. The Hall–Kier alpha value is -3.09.